The number of pyridine rings is 1. The highest BCUT2D eigenvalue weighted by atomic mass is 16.5. The number of rotatable bonds is 11. The van der Waals surface area contributed by atoms with Crippen molar-refractivity contribution < 1.29 is 19.4 Å². The van der Waals surface area contributed by atoms with Crippen molar-refractivity contribution in [2.24, 2.45) is 0 Å². The number of aliphatic carboxylic acids is 1. The maximum Gasteiger partial charge on any atom is 0.303 e. The first-order valence-electron chi connectivity index (χ1n) is 12.4. The zero-order valence-electron chi connectivity index (χ0n) is 20.9. The van der Waals surface area contributed by atoms with Gasteiger partial charge in [0, 0.05) is 47.9 Å². The zero-order valence-corrected chi connectivity index (χ0v) is 20.9. The molecule has 3 aromatic heterocycles. The average Bonchev–Trinajstić information content (AvgIpc) is 3.59. The second-order valence-electron chi connectivity index (χ2n) is 9.05. The lowest BCUT2D eigenvalue weighted by molar-refractivity contribution is -0.137. The van der Waals surface area contributed by atoms with Gasteiger partial charge in [-0.25, -0.2) is 4.52 Å². The second-order valence-corrected chi connectivity index (χ2v) is 9.05. The van der Waals surface area contributed by atoms with E-state index in [4.69, 9.17) is 14.9 Å². The lowest BCUT2D eigenvalue weighted by atomic mass is 9.96. The van der Waals surface area contributed by atoms with Crippen molar-refractivity contribution >= 4 is 23.0 Å². The molecule has 5 aromatic rings. The summed E-state index contributed by atoms with van der Waals surface area (Å²) in [5.74, 6) is -0.346. The number of ether oxygens (including phenoxy) is 1. The van der Waals surface area contributed by atoms with Crippen LogP contribution in [0.25, 0.3) is 16.6 Å². The smallest absolute Gasteiger partial charge is 0.303 e. The summed E-state index contributed by atoms with van der Waals surface area (Å²) in [6.45, 7) is 0. The Kier molecular flexibility index (Phi) is 7.21. The number of carbonyl (C=O) groups excluding carboxylic acids is 1. The van der Waals surface area contributed by atoms with E-state index in [1.165, 1.54) is 0 Å². The molecular formula is C30H28N4O4. The number of carboxylic acids is 1. The van der Waals surface area contributed by atoms with E-state index in [0.29, 0.717) is 35.5 Å². The first kappa shape index (κ1) is 24.8. The summed E-state index contributed by atoms with van der Waals surface area (Å²) < 4.78 is 7.25. The Bertz CT molecular complexity index is 1540. The molecule has 8 heteroatoms. The Morgan fingerprint density at radius 3 is 2.63 bits per heavy atom. The van der Waals surface area contributed by atoms with Gasteiger partial charge in [0.2, 0.25) is 0 Å². The van der Waals surface area contributed by atoms with Gasteiger partial charge >= 0.3 is 5.97 Å². The number of methoxy groups -OCH3 is 1. The third kappa shape index (κ3) is 5.44. The van der Waals surface area contributed by atoms with Gasteiger partial charge in [0.25, 0.3) is 0 Å². The van der Waals surface area contributed by atoms with E-state index < -0.39 is 12.0 Å². The van der Waals surface area contributed by atoms with E-state index >= 15 is 0 Å². The molecule has 0 fully saturated rings. The lowest BCUT2D eigenvalue weighted by Crippen LogP contribution is -2.22. The normalized spacial score (nSPS) is 11.8. The molecule has 0 aliphatic heterocycles. The van der Waals surface area contributed by atoms with Gasteiger partial charge < -0.3 is 20.1 Å². The Morgan fingerprint density at radius 1 is 1.05 bits per heavy atom. The van der Waals surface area contributed by atoms with Crippen molar-refractivity contribution in [3.63, 3.8) is 0 Å². The summed E-state index contributed by atoms with van der Waals surface area (Å²) in [5, 5.41) is 17.1. The van der Waals surface area contributed by atoms with Crippen LogP contribution in [0.4, 0.5) is 5.69 Å². The third-order valence-corrected chi connectivity index (χ3v) is 6.41. The molecule has 2 aromatic carbocycles. The quantitative estimate of drug-likeness (QED) is 0.195. The number of benzene rings is 2. The minimum absolute atomic E-state index is 0.0814. The third-order valence-electron chi connectivity index (χ3n) is 6.41. The number of ketones is 1. The summed E-state index contributed by atoms with van der Waals surface area (Å²) in [6.07, 6.45) is 6.55. The van der Waals surface area contributed by atoms with Gasteiger partial charge in [0.05, 0.1) is 18.3 Å². The Balaban J connectivity index is 1.53. The van der Waals surface area contributed by atoms with Crippen LogP contribution < -0.4 is 10.1 Å². The largest absolute Gasteiger partial charge is 0.497 e. The number of carboxylic acid groups (broad SMARTS) is 1. The Labute approximate surface area is 219 Å². The molecule has 1 unspecified atom stereocenters. The number of aromatic amines is 1. The van der Waals surface area contributed by atoms with E-state index in [1.54, 1.807) is 17.8 Å². The molecule has 8 nitrogen and oxygen atoms in total. The summed E-state index contributed by atoms with van der Waals surface area (Å²) in [5.41, 5.74) is 5.35. The van der Waals surface area contributed by atoms with Crippen molar-refractivity contribution in [1.82, 2.24) is 14.6 Å². The van der Waals surface area contributed by atoms with Crippen LogP contribution in [0.3, 0.4) is 0 Å². The average molecular weight is 509 g/mol. The minimum atomic E-state index is -0.829. The highest BCUT2D eigenvalue weighted by Crippen LogP contribution is 2.31. The van der Waals surface area contributed by atoms with Crippen molar-refractivity contribution in [1.29, 1.82) is 0 Å². The van der Waals surface area contributed by atoms with E-state index in [-0.39, 0.29) is 12.2 Å². The van der Waals surface area contributed by atoms with Crippen LogP contribution in [0, 0.1) is 0 Å². The highest BCUT2D eigenvalue weighted by Gasteiger charge is 2.28. The number of anilines is 1. The van der Waals surface area contributed by atoms with E-state index in [1.807, 2.05) is 85.2 Å². The van der Waals surface area contributed by atoms with E-state index in [0.717, 1.165) is 22.2 Å². The number of hydrogen-bond acceptors (Lipinski definition) is 5. The monoisotopic (exact) mass is 508 g/mol. The van der Waals surface area contributed by atoms with Crippen LogP contribution in [-0.4, -0.2) is 38.6 Å². The summed E-state index contributed by atoms with van der Waals surface area (Å²) >= 11 is 0. The van der Waals surface area contributed by atoms with Crippen molar-refractivity contribution in [3.05, 3.63) is 108 Å². The second kappa shape index (κ2) is 11.0. The number of fused-ring (bicyclic) bond motifs is 1. The molecule has 38 heavy (non-hydrogen) atoms. The van der Waals surface area contributed by atoms with Crippen molar-refractivity contribution in [3.8, 4) is 16.9 Å². The maximum atomic E-state index is 14.1. The fraction of sp³-hybridized carbons (Fsp3) is 0.167. The van der Waals surface area contributed by atoms with Crippen LogP contribution in [0.1, 0.15) is 40.5 Å². The fourth-order valence-electron chi connectivity index (χ4n) is 4.57. The first-order valence-corrected chi connectivity index (χ1v) is 12.4. The molecule has 1 atom stereocenters. The van der Waals surface area contributed by atoms with Gasteiger partial charge in [-0.2, -0.15) is 5.10 Å². The molecule has 0 radical (unpaired) electrons. The molecule has 0 saturated heterocycles. The van der Waals surface area contributed by atoms with Gasteiger partial charge in [-0.1, -0.05) is 36.4 Å². The fourth-order valence-corrected chi connectivity index (χ4v) is 4.57. The predicted molar refractivity (Wildman–Crippen MR) is 146 cm³/mol. The Morgan fingerprint density at radius 2 is 1.87 bits per heavy atom. The molecule has 0 aliphatic rings. The number of Topliss-reactive ketones (excluding diaryl/α,β-unsaturated/α-hetero) is 1. The molecular weight excluding hydrogens is 480 g/mol. The molecule has 3 heterocycles. The standard InChI is InChI=1S/C30H28N4O4/c1-38-24-15-20(8-7-12-28(35)36)14-22(16-24)32-29(27-17-23-11-5-6-13-34(23)33-27)30(37)26-19-31-18-25(26)21-9-3-2-4-10-21/h2-6,9-11,13-19,29,31-32H,7-8,12H2,1H3,(H,35,36). The summed E-state index contributed by atoms with van der Waals surface area (Å²) in [6, 6.07) is 22.3. The molecule has 0 bridgehead atoms. The Hall–Kier alpha value is -4.85. The van der Waals surface area contributed by atoms with E-state index in [2.05, 4.69) is 10.3 Å². The van der Waals surface area contributed by atoms with Crippen LogP contribution in [0.15, 0.2) is 91.4 Å². The molecule has 3 N–H and O–H groups in total. The summed E-state index contributed by atoms with van der Waals surface area (Å²) in [4.78, 5) is 28.2. The highest BCUT2D eigenvalue weighted by molar-refractivity contribution is 6.07. The number of H-pyrrole nitrogens is 1. The molecule has 0 amide bonds. The number of nitrogens with one attached hydrogen (secondary N) is 2. The molecule has 0 aliphatic carbocycles. The molecule has 5 rings (SSSR count). The number of aryl methyl sites for hydroxylation is 1. The number of carbonyl (C=O) groups is 2. The summed E-state index contributed by atoms with van der Waals surface area (Å²) in [7, 11) is 1.58. The SMILES string of the molecule is COc1cc(CCCC(=O)O)cc(NC(C(=O)c2c[nH]cc2-c2ccccc2)c2cc3ccccn3n2)c1. The molecule has 192 valence electrons. The number of aromatic nitrogens is 3. The maximum absolute atomic E-state index is 14.1. The van der Waals surface area contributed by atoms with Crippen LogP contribution >= 0.6 is 0 Å². The number of nitrogens with zero attached hydrogens (tertiary/aromatic N) is 2. The molecule has 0 saturated carbocycles. The minimum Gasteiger partial charge on any atom is -0.497 e. The molecule has 0 spiro atoms. The van der Waals surface area contributed by atoms with Crippen LogP contribution in [-0.2, 0) is 11.2 Å². The van der Waals surface area contributed by atoms with Gasteiger partial charge in [-0.05, 0) is 54.3 Å². The van der Waals surface area contributed by atoms with Gasteiger partial charge in [0.15, 0.2) is 5.78 Å². The predicted octanol–water partition coefficient (Wildman–Crippen LogP) is 5.78. The first-order chi connectivity index (χ1) is 18.5. The number of hydrogen-bond donors (Lipinski definition) is 3. The van der Waals surface area contributed by atoms with Crippen LogP contribution in [0.5, 0.6) is 5.75 Å². The van der Waals surface area contributed by atoms with Gasteiger partial charge in [0.1, 0.15) is 11.8 Å². The van der Waals surface area contributed by atoms with Crippen molar-refractivity contribution in [2.45, 2.75) is 25.3 Å². The van der Waals surface area contributed by atoms with Gasteiger partial charge in [-0.15, -0.1) is 0 Å². The van der Waals surface area contributed by atoms with Gasteiger partial charge in [-0.3, -0.25) is 9.59 Å². The van der Waals surface area contributed by atoms with Crippen molar-refractivity contribution in [2.75, 3.05) is 12.4 Å². The lowest BCUT2D eigenvalue weighted by Gasteiger charge is -2.19. The zero-order chi connectivity index (χ0) is 26.5. The topological polar surface area (TPSA) is 109 Å². The van der Waals surface area contributed by atoms with E-state index in [9.17, 15) is 9.59 Å². The van der Waals surface area contributed by atoms with Crippen LogP contribution in [0.2, 0.25) is 0 Å².